The summed E-state index contributed by atoms with van der Waals surface area (Å²) in [6, 6.07) is 6.42. The maximum absolute atomic E-state index is 12.9. The lowest BCUT2D eigenvalue weighted by molar-refractivity contribution is 0.485. The summed E-state index contributed by atoms with van der Waals surface area (Å²) in [6.45, 7) is 4.94. The van der Waals surface area contributed by atoms with E-state index in [9.17, 15) is 4.39 Å². The van der Waals surface area contributed by atoms with Crippen LogP contribution in [0, 0.1) is 5.82 Å². The van der Waals surface area contributed by atoms with E-state index in [0.29, 0.717) is 6.54 Å². The second-order valence-electron chi connectivity index (χ2n) is 4.97. The summed E-state index contributed by atoms with van der Waals surface area (Å²) >= 11 is 1.64. The van der Waals surface area contributed by atoms with Gasteiger partial charge in [0.1, 0.15) is 5.82 Å². The van der Waals surface area contributed by atoms with Gasteiger partial charge >= 0.3 is 0 Å². The standard InChI is InChI=1S/C14H17FN2S/c1-14(2,7-8-16)13-17-12(9-18-13)10-3-5-11(15)6-4-10/h3-6,9H,7-8,16H2,1-2H3. The number of aromatic nitrogens is 1. The second-order valence-corrected chi connectivity index (χ2v) is 5.83. The number of nitrogens with zero attached hydrogens (tertiary/aromatic N) is 1. The molecule has 1 aromatic carbocycles. The van der Waals surface area contributed by atoms with E-state index in [-0.39, 0.29) is 11.2 Å². The smallest absolute Gasteiger partial charge is 0.123 e. The Bertz CT molecular complexity index is 517. The molecule has 0 aliphatic carbocycles. The van der Waals surface area contributed by atoms with Crippen LogP contribution in [0.15, 0.2) is 29.6 Å². The number of nitrogens with two attached hydrogens (primary N) is 1. The van der Waals surface area contributed by atoms with Crippen molar-refractivity contribution in [2.75, 3.05) is 6.54 Å². The Balaban J connectivity index is 2.28. The molecule has 0 unspecified atom stereocenters. The number of hydrogen-bond acceptors (Lipinski definition) is 3. The molecule has 0 radical (unpaired) electrons. The summed E-state index contributed by atoms with van der Waals surface area (Å²) in [4.78, 5) is 4.64. The van der Waals surface area contributed by atoms with Crippen molar-refractivity contribution in [3.05, 3.63) is 40.5 Å². The first kappa shape index (κ1) is 13.2. The highest BCUT2D eigenvalue weighted by Crippen LogP contribution is 2.32. The van der Waals surface area contributed by atoms with Crippen LogP contribution in [-0.4, -0.2) is 11.5 Å². The lowest BCUT2D eigenvalue weighted by Crippen LogP contribution is -2.21. The minimum atomic E-state index is -0.224. The minimum absolute atomic E-state index is 0.00228. The molecule has 0 aliphatic rings. The molecular formula is C14H17FN2S. The Morgan fingerprint density at radius 2 is 1.94 bits per heavy atom. The average molecular weight is 264 g/mol. The van der Waals surface area contributed by atoms with Gasteiger partial charge in [0.05, 0.1) is 10.7 Å². The molecule has 0 bridgehead atoms. The third-order valence-electron chi connectivity index (χ3n) is 2.99. The first-order valence-electron chi connectivity index (χ1n) is 5.95. The number of benzene rings is 1. The third kappa shape index (κ3) is 2.76. The quantitative estimate of drug-likeness (QED) is 0.916. The molecule has 2 aromatic rings. The Morgan fingerprint density at radius 3 is 2.56 bits per heavy atom. The van der Waals surface area contributed by atoms with Gasteiger partial charge < -0.3 is 5.73 Å². The summed E-state index contributed by atoms with van der Waals surface area (Å²) < 4.78 is 12.9. The largest absolute Gasteiger partial charge is 0.330 e. The van der Waals surface area contributed by atoms with E-state index >= 15 is 0 Å². The van der Waals surface area contributed by atoms with E-state index in [1.165, 1.54) is 12.1 Å². The second kappa shape index (κ2) is 5.16. The van der Waals surface area contributed by atoms with E-state index in [1.54, 1.807) is 23.5 Å². The first-order chi connectivity index (χ1) is 8.53. The lowest BCUT2D eigenvalue weighted by Gasteiger charge is -2.20. The van der Waals surface area contributed by atoms with Crippen molar-refractivity contribution in [3.63, 3.8) is 0 Å². The van der Waals surface area contributed by atoms with E-state index in [2.05, 4.69) is 18.8 Å². The van der Waals surface area contributed by atoms with Crippen LogP contribution < -0.4 is 5.73 Å². The van der Waals surface area contributed by atoms with Crippen molar-refractivity contribution in [1.82, 2.24) is 4.98 Å². The molecule has 2 N–H and O–H groups in total. The van der Waals surface area contributed by atoms with Gasteiger partial charge in [-0.05, 0) is 37.2 Å². The van der Waals surface area contributed by atoms with Crippen molar-refractivity contribution in [2.24, 2.45) is 5.73 Å². The van der Waals surface area contributed by atoms with E-state index in [4.69, 9.17) is 5.73 Å². The number of hydrogen-bond donors (Lipinski definition) is 1. The van der Waals surface area contributed by atoms with Crippen molar-refractivity contribution in [1.29, 1.82) is 0 Å². The molecular weight excluding hydrogens is 247 g/mol. The van der Waals surface area contributed by atoms with Crippen LogP contribution in [0.4, 0.5) is 4.39 Å². The molecule has 0 spiro atoms. The van der Waals surface area contributed by atoms with Gasteiger partial charge in [-0.3, -0.25) is 0 Å². The summed E-state index contributed by atoms with van der Waals surface area (Å²) in [5, 5.41) is 3.09. The molecule has 0 saturated carbocycles. The zero-order chi connectivity index (χ0) is 13.2. The number of halogens is 1. The van der Waals surface area contributed by atoms with Crippen molar-refractivity contribution >= 4 is 11.3 Å². The monoisotopic (exact) mass is 264 g/mol. The van der Waals surface area contributed by atoms with E-state index in [1.807, 2.05) is 5.38 Å². The zero-order valence-electron chi connectivity index (χ0n) is 10.6. The Morgan fingerprint density at radius 1 is 1.28 bits per heavy atom. The average Bonchev–Trinajstić information content (AvgIpc) is 2.80. The maximum Gasteiger partial charge on any atom is 0.123 e. The molecule has 0 amide bonds. The molecule has 0 saturated heterocycles. The topological polar surface area (TPSA) is 38.9 Å². The van der Waals surface area contributed by atoms with Gasteiger partial charge in [-0.2, -0.15) is 0 Å². The molecule has 2 rings (SSSR count). The zero-order valence-corrected chi connectivity index (χ0v) is 11.4. The predicted molar refractivity (Wildman–Crippen MR) is 74.2 cm³/mol. The molecule has 1 heterocycles. The van der Waals surface area contributed by atoms with Gasteiger partial charge in [-0.15, -0.1) is 11.3 Å². The van der Waals surface area contributed by atoms with Crippen LogP contribution >= 0.6 is 11.3 Å². The molecule has 0 atom stereocenters. The Labute approximate surface area is 111 Å². The van der Waals surface area contributed by atoms with Gasteiger partial charge in [0.15, 0.2) is 0 Å². The summed E-state index contributed by atoms with van der Waals surface area (Å²) in [5.41, 5.74) is 7.47. The van der Waals surface area contributed by atoms with Crippen molar-refractivity contribution in [3.8, 4) is 11.3 Å². The fourth-order valence-electron chi connectivity index (χ4n) is 1.81. The molecule has 0 fully saturated rings. The Hall–Kier alpha value is -1.26. The molecule has 4 heteroatoms. The summed E-state index contributed by atoms with van der Waals surface area (Å²) in [6.07, 6.45) is 0.906. The molecule has 1 aromatic heterocycles. The van der Waals surface area contributed by atoms with Gasteiger partial charge in [0, 0.05) is 16.4 Å². The van der Waals surface area contributed by atoms with Gasteiger partial charge in [0.25, 0.3) is 0 Å². The van der Waals surface area contributed by atoms with Crippen molar-refractivity contribution < 1.29 is 4.39 Å². The van der Waals surface area contributed by atoms with Crippen LogP contribution in [0.2, 0.25) is 0 Å². The minimum Gasteiger partial charge on any atom is -0.330 e. The van der Waals surface area contributed by atoms with Crippen LogP contribution in [0.5, 0.6) is 0 Å². The molecule has 0 aliphatic heterocycles. The predicted octanol–water partition coefficient (Wildman–Crippen LogP) is 3.58. The Kier molecular flexibility index (Phi) is 3.78. The normalized spacial score (nSPS) is 11.8. The van der Waals surface area contributed by atoms with Crippen molar-refractivity contribution in [2.45, 2.75) is 25.7 Å². The highest BCUT2D eigenvalue weighted by atomic mass is 32.1. The molecule has 18 heavy (non-hydrogen) atoms. The maximum atomic E-state index is 12.9. The highest BCUT2D eigenvalue weighted by molar-refractivity contribution is 7.10. The lowest BCUT2D eigenvalue weighted by atomic mass is 9.90. The van der Waals surface area contributed by atoms with E-state index < -0.39 is 0 Å². The molecule has 96 valence electrons. The number of rotatable bonds is 4. The fraction of sp³-hybridized carbons (Fsp3) is 0.357. The van der Waals surface area contributed by atoms with Gasteiger partial charge in [0.2, 0.25) is 0 Å². The van der Waals surface area contributed by atoms with Crippen LogP contribution in [-0.2, 0) is 5.41 Å². The first-order valence-corrected chi connectivity index (χ1v) is 6.83. The fourth-order valence-corrected chi connectivity index (χ4v) is 2.79. The third-order valence-corrected chi connectivity index (χ3v) is 4.20. The van der Waals surface area contributed by atoms with Gasteiger partial charge in [-0.25, -0.2) is 9.37 Å². The van der Waals surface area contributed by atoms with Crippen LogP contribution in [0.1, 0.15) is 25.3 Å². The SMILES string of the molecule is CC(C)(CCN)c1nc(-c2ccc(F)cc2)cs1. The number of thiazole rings is 1. The van der Waals surface area contributed by atoms with Crippen LogP contribution in [0.25, 0.3) is 11.3 Å². The van der Waals surface area contributed by atoms with E-state index in [0.717, 1.165) is 22.7 Å². The summed E-state index contributed by atoms with van der Waals surface area (Å²) in [7, 11) is 0. The summed E-state index contributed by atoms with van der Waals surface area (Å²) in [5.74, 6) is -0.224. The molecule has 2 nitrogen and oxygen atoms in total. The van der Waals surface area contributed by atoms with Crippen LogP contribution in [0.3, 0.4) is 0 Å². The highest BCUT2D eigenvalue weighted by Gasteiger charge is 2.23. The van der Waals surface area contributed by atoms with Gasteiger partial charge in [-0.1, -0.05) is 13.8 Å².